The normalized spacial score (nSPS) is 9.81. The van der Waals surface area contributed by atoms with Crippen LogP contribution < -0.4 is 5.32 Å². The van der Waals surface area contributed by atoms with E-state index >= 15 is 0 Å². The number of carbonyl (C=O) groups excluding carboxylic acids is 1. The fourth-order valence-electron chi connectivity index (χ4n) is 1.35. The Morgan fingerprint density at radius 1 is 1.31 bits per heavy atom. The number of anilines is 1. The van der Waals surface area contributed by atoms with Gasteiger partial charge in [0.15, 0.2) is 0 Å². The number of carboxylic acid groups (broad SMARTS) is 1. The Labute approximate surface area is 94.3 Å². The van der Waals surface area contributed by atoms with Crippen LogP contribution in [0.5, 0.6) is 0 Å². The van der Waals surface area contributed by atoms with Gasteiger partial charge in [-0.3, -0.25) is 9.59 Å². The predicted molar refractivity (Wildman–Crippen MR) is 61.3 cm³/mol. The number of rotatable bonds is 5. The molecule has 1 aromatic carbocycles. The maximum atomic E-state index is 11.4. The summed E-state index contributed by atoms with van der Waals surface area (Å²) in [6.45, 7) is 1.94. The van der Waals surface area contributed by atoms with Crippen LogP contribution in [0, 0.1) is 6.92 Å². The van der Waals surface area contributed by atoms with E-state index in [0.29, 0.717) is 6.42 Å². The number of aryl methyl sites for hydroxylation is 1. The van der Waals surface area contributed by atoms with Crippen molar-refractivity contribution in [1.29, 1.82) is 0 Å². The molecule has 0 aliphatic heterocycles. The van der Waals surface area contributed by atoms with Crippen LogP contribution in [0.4, 0.5) is 5.69 Å². The van der Waals surface area contributed by atoms with Gasteiger partial charge in [0.25, 0.3) is 0 Å². The number of hydrogen-bond acceptors (Lipinski definition) is 2. The van der Waals surface area contributed by atoms with Crippen LogP contribution >= 0.6 is 0 Å². The average molecular weight is 221 g/mol. The van der Waals surface area contributed by atoms with Crippen molar-refractivity contribution < 1.29 is 14.7 Å². The fraction of sp³-hybridized carbons (Fsp3) is 0.333. The Balaban J connectivity index is 2.37. The van der Waals surface area contributed by atoms with Crippen LogP contribution in [0.15, 0.2) is 24.3 Å². The molecule has 0 spiro atoms. The summed E-state index contributed by atoms with van der Waals surface area (Å²) in [5.41, 5.74) is 1.82. The highest BCUT2D eigenvalue weighted by atomic mass is 16.4. The molecule has 0 aliphatic rings. The number of amides is 1. The fourth-order valence-corrected chi connectivity index (χ4v) is 1.35. The van der Waals surface area contributed by atoms with Crippen molar-refractivity contribution in [2.75, 3.05) is 5.32 Å². The van der Waals surface area contributed by atoms with Crippen molar-refractivity contribution in [1.82, 2.24) is 0 Å². The van der Waals surface area contributed by atoms with Crippen LogP contribution in [0.1, 0.15) is 24.8 Å². The SMILES string of the molecule is Cc1cccc(NC(=O)CCCC(=O)O)c1. The van der Waals surface area contributed by atoms with Crippen LogP contribution in [-0.2, 0) is 9.59 Å². The molecule has 0 aliphatic carbocycles. The first-order valence-electron chi connectivity index (χ1n) is 5.16. The van der Waals surface area contributed by atoms with E-state index in [0.717, 1.165) is 11.3 Å². The van der Waals surface area contributed by atoms with Gasteiger partial charge in [-0.15, -0.1) is 0 Å². The van der Waals surface area contributed by atoms with Gasteiger partial charge in [-0.1, -0.05) is 12.1 Å². The highest BCUT2D eigenvalue weighted by Gasteiger charge is 2.04. The molecule has 0 bridgehead atoms. The molecule has 0 atom stereocenters. The molecule has 1 rings (SSSR count). The Bertz CT molecular complexity index is 388. The van der Waals surface area contributed by atoms with E-state index in [1.54, 1.807) is 0 Å². The largest absolute Gasteiger partial charge is 0.481 e. The van der Waals surface area contributed by atoms with Gasteiger partial charge in [-0.2, -0.15) is 0 Å². The van der Waals surface area contributed by atoms with Crippen molar-refractivity contribution in [2.24, 2.45) is 0 Å². The molecular formula is C12H15NO3. The summed E-state index contributed by atoms with van der Waals surface area (Å²) in [6.07, 6.45) is 0.633. The second-order valence-corrected chi connectivity index (χ2v) is 3.66. The zero-order chi connectivity index (χ0) is 12.0. The number of aliphatic carboxylic acids is 1. The molecule has 0 heterocycles. The third-order valence-corrected chi connectivity index (χ3v) is 2.10. The molecular weight excluding hydrogens is 206 g/mol. The number of hydrogen-bond donors (Lipinski definition) is 2. The number of benzene rings is 1. The molecule has 86 valence electrons. The molecule has 4 nitrogen and oxygen atoms in total. The lowest BCUT2D eigenvalue weighted by Crippen LogP contribution is -2.11. The Morgan fingerprint density at radius 2 is 2.06 bits per heavy atom. The Hall–Kier alpha value is -1.84. The minimum atomic E-state index is -0.872. The molecule has 1 aromatic rings. The van der Waals surface area contributed by atoms with Gasteiger partial charge < -0.3 is 10.4 Å². The summed E-state index contributed by atoms with van der Waals surface area (Å²) in [5, 5.41) is 11.1. The van der Waals surface area contributed by atoms with Crippen molar-refractivity contribution in [3.63, 3.8) is 0 Å². The zero-order valence-corrected chi connectivity index (χ0v) is 9.19. The Morgan fingerprint density at radius 3 is 2.69 bits per heavy atom. The number of carboxylic acids is 1. The van der Waals surface area contributed by atoms with E-state index < -0.39 is 5.97 Å². The van der Waals surface area contributed by atoms with Gasteiger partial charge in [-0.05, 0) is 31.0 Å². The minimum Gasteiger partial charge on any atom is -0.481 e. The third-order valence-electron chi connectivity index (χ3n) is 2.10. The predicted octanol–water partition coefficient (Wildman–Crippen LogP) is 2.19. The van der Waals surface area contributed by atoms with E-state index in [1.807, 2.05) is 31.2 Å². The highest BCUT2D eigenvalue weighted by molar-refractivity contribution is 5.90. The standard InChI is InChI=1S/C12H15NO3/c1-9-4-2-5-10(8-9)13-11(14)6-3-7-12(15)16/h2,4-5,8H,3,6-7H2,1H3,(H,13,14)(H,15,16). The molecule has 0 saturated carbocycles. The number of nitrogens with one attached hydrogen (secondary N) is 1. The van der Waals surface area contributed by atoms with Gasteiger partial charge >= 0.3 is 5.97 Å². The van der Waals surface area contributed by atoms with Crippen molar-refractivity contribution in [3.05, 3.63) is 29.8 Å². The molecule has 0 aromatic heterocycles. The zero-order valence-electron chi connectivity index (χ0n) is 9.19. The smallest absolute Gasteiger partial charge is 0.303 e. The first-order valence-corrected chi connectivity index (χ1v) is 5.16. The number of carbonyl (C=O) groups is 2. The van der Waals surface area contributed by atoms with Crippen molar-refractivity contribution in [3.8, 4) is 0 Å². The van der Waals surface area contributed by atoms with E-state index in [-0.39, 0.29) is 18.7 Å². The van der Waals surface area contributed by atoms with Gasteiger partial charge in [-0.25, -0.2) is 0 Å². The lowest BCUT2D eigenvalue weighted by Gasteiger charge is -2.05. The minimum absolute atomic E-state index is 0.0290. The second-order valence-electron chi connectivity index (χ2n) is 3.66. The molecule has 0 fully saturated rings. The molecule has 4 heteroatoms. The van der Waals surface area contributed by atoms with E-state index in [4.69, 9.17) is 5.11 Å². The van der Waals surface area contributed by atoms with Crippen LogP contribution in [0.2, 0.25) is 0 Å². The van der Waals surface area contributed by atoms with Crippen molar-refractivity contribution in [2.45, 2.75) is 26.2 Å². The molecule has 0 radical (unpaired) electrons. The van der Waals surface area contributed by atoms with E-state index in [9.17, 15) is 9.59 Å². The van der Waals surface area contributed by atoms with Crippen LogP contribution in [0.3, 0.4) is 0 Å². The summed E-state index contributed by atoms with van der Waals surface area (Å²) in [6, 6.07) is 7.49. The van der Waals surface area contributed by atoms with Gasteiger partial charge in [0.05, 0.1) is 0 Å². The lowest BCUT2D eigenvalue weighted by molar-refractivity contribution is -0.137. The quantitative estimate of drug-likeness (QED) is 0.800. The maximum Gasteiger partial charge on any atom is 0.303 e. The maximum absolute atomic E-state index is 11.4. The molecule has 0 unspecified atom stereocenters. The van der Waals surface area contributed by atoms with Gasteiger partial charge in [0, 0.05) is 18.5 Å². The molecule has 16 heavy (non-hydrogen) atoms. The van der Waals surface area contributed by atoms with E-state index in [1.165, 1.54) is 0 Å². The lowest BCUT2D eigenvalue weighted by atomic mass is 10.2. The first kappa shape index (κ1) is 12.2. The van der Waals surface area contributed by atoms with E-state index in [2.05, 4.69) is 5.32 Å². The average Bonchev–Trinajstić information content (AvgIpc) is 2.16. The summed E-state index contributed by atoms with van der Waals surface area (Å²) in [4.78, 5) is 21.7. The Kier molecular flexibility index (Phi) is 4.51. The van der Waals surface area contributed by atoms with Gasteiger partial charge in [0.1, 0.15) is 0 Å². The monoisotopic (exact) mass is 221 g/mol. The molecule has 0 saturated heterocycles. The summed E-state index contributed by atoms with van der Waals surface area (Å²) in [7, 11) is 0. The highest BCUT2D eigenvalue weighted by Crippen LogP contribution is 2.10. The molecule has 2 N–H and O–H groups in total. The van der Waals surface area contributed by atoms with Gasteiger partial charge in [0.2, 0.25) is 5.91 Å². The topological polar surface area (TPSA) is 66.4 Å². The summed E-state index contributed by atoms with van der Waals surface area (Å²) in [5.74, 6) is -1.02. The first-order chi connectivity index (χ1) is 7.58. The third kappa shape index (κ3) is 4.59. The van der Waals surface area contributed by atoms with Crippen LogP contribution in [-0.4, -0.2) is 17.0 Å². The molecule has 1 amide bonds. The summed E-state index contributed by atoms with van der Waals surface area (Å²) >= 11 is 0. The van der Waals surface area contributed by atoms with Crippen molar-refractivity contribution >= 4 is 17.6 Å². The second kappa shape index (κ2) is 5.90. The van der Waals surface area contributed by atoms with Crippen LogP contribution in [0.25, 0.3) is 0 Å². The summed E-state index contributed by atoms with van der Waals surface area (Å²) < 4.78 is 0.